The number of rotatable bonds is 3. The van der Waals surface area contributed by atoms with Crippen LogP contribution in [0.3, 0.4) is 0 Å². The Morgan fingerprint density at radius 1 is 1.28 bits per heavy atom. The lowest BCUT2D eigenvalue weighted by atomic mass is 10.1. The largest absolute Gasteiger partial charge is 0.388 e. The molecule has 0 amide bonds. The SMILES string of the molecule is O=Cc1ccc(C(=O)OC(=O)[C@@H]2CCCN2)cc1. The van der Waals surface area contributed by atoms with Crippen molar-refractivity contribution in [2.45, 2.75) is 18.9 Å². The van der Waals surface area contributed by atoms with E-state index >= 15 is 0 Å². The summed E-state index contributed by atoms with van der Waals surface area (Å²) in [4.78, 5) is 33.7. The highest BCUT2D eigenvalue weighted by molar-refractivity contribution is 5.98. The summed E-state index contributed by atoms with van der Waals surface area (Å²) >= 11 is 0. The molecule has 0 aliphatic carbocycles. The number of benzene rings is 1. The van der Waals surface area contributed by atoms with Gasteiger partial charge in [0.15, 0.2) is 0 Å². The molecule has 0 unspecified atom stereocenters. The van der Waals surface area contributed by atoms with Crippen LogP contribution in [-0.4, -0.2) is 30.8 Å². The molecule has 0 spiro atoms. The van der Waals surface area contributed by atoms with E-state index in [0.717, 1.165) is 13.0 Å². The summed E-state index contributed by atoms with van der Waals surface area (Å²) in [5.74, 6) is -1.23. The lowest BCUT2D eigenvalue weighted by Gasteiger charge is -2.08. The second-order valence-corrected chi connectivity index (χ2v) is 4.10. The summed E-state index contributed by atoms with van der Waals surface area (Å²) in [5.41, 5.74) is 0.724. The Morgan fingerprint density at radius 2 is 2.00 bits per heavy atom. The van der Waals surface area contributed by atoms with Crippen LogP contribution < -0.4 is 5.32 Å². The van der Waals surface area contributed by atoms with Crippen LogP contribution in [0.2, 0.25) is 0 Å². The second-order valence-electron chi connectivity index (χ2n) is 4.10. The zero-order chi connectivity index (χ0) is 13.0. The minimum absolute atomic E-state index is 0.256. The Balaban J connectivity index is 1.97. The van der Waals surface area contributed by atoms with E-state index in [1.165, 1.54) is 24.3 Å². The van der Waals surface area contributed by atoms with Gasteiger partial charge in [0.25, 0.3) is 0 Å². The van der Waals surface area contributed by atoms with Crippen molar-refractivity contribution in [3.05, 3.63) is 35.4 Å². The maximum Gasteiger partial charge on any atom is 0.345 e. The van der Waals surface area contributed by atoms with Crippen molar-refractivity contribution >= 4 is 18.2 Å². The number of carbonyl (C=O) groups is 3. The van der Waals surface area contributed by atoms with Gasteiger partial charge in [-0.25, -0.2) is 9.59 Å². The summed E-state index contributed by atoms with van der Waals surface area (Å²) in [7, 11) is 0. The lowest BCUT2D eigenvalue weighted by molar-refractivity contribution is -0.139. The summed E-state index contributed by atoms with van der Waals surface area (Å²) in [6.45, 7) is 0.766. The van der Waals surface area contributed by atoms with Gasteiger partial charge in [-0.05, 0) is 31.5 Å². The van der Waals surface area contributed by atoms with Gasteiger partial charge in [0.1, 0.15) is 12.3 Å². The molecule has 1 heterocycles. The molecule has 5 heteroatoms. The maximum atomic E-state index is 11.7. The number of aldehydes is 1. The number of hydrogen-bond donors (Lipinski definition) is 1. The maximum absolute atomic E-state index is 11.7. The summed E-state index contributed by atoms with van der Waals surface area (Å²) in [6, 6.07) is 5.54. The third-order valence-electron chi connectivity index (χ3n) is 2.82. The highest BCUT2D eigenvalue weighted by Gasteiger charge is 2.25. The quantitative estimate of drug-likeness (QED) is 0.489. The Hall–Kier alpha value is -2.01. The molecule has 1 aromatic carbocycles. The van der Waals surface area contributed by atoms with Crippen molar-refractivity contribution in [1.82, 2.24) is 5.32 Å². The highest BCUT2D eigenvalue weighted by Crippen LogP contribution is 2.09. The third-order valence-corrected chi connectivity index (χ3v) is 2.82. The van der Waals surface area contributed by atoms with Gasteiger partial charge in [-0.3, -0.25) is 4.79 Å². The predicted octanol–water partition coefficient (Wildman–Crippen LogP) is 0.935. The standard InChI is InChI=1S/C13H13NO4/c15-8-9-3-5-10(6-4-9)12(16)18-13(17)11-2-1-7-14-11/h3-6,8,11,14H,1-2,7H2/t11-/m0/s1. The molecule has 0 radical (unpaired) electrons. The first-order valence-electron chi connectivity index (χ1n) is 5.75. The average molecular weight is 247 g/mol. The second kappa shape index (κ2) is 5.55. The topological polar surface area (TPSA) is 72.5 Å². The Kier molecular flexibility index (Phi) is 3.84. The van der Waals surface area contributed by atoms with E-state index in [9.17, 15) is 14.4 Å². The number of carbonyl (C=O) groups excluding carboxylic acids is 3. The molecular formula is C13H13NO4. The number of nitrogens with one attached hydrogen (secondary N) is 1. The molecule has 1 aromatic rings. The van der Waals surface area contributed by atoms with E-state index in [4.69, 9.17) is 4.74 Å². The molecule has 2 rings (SSSR count). The van der Waals surface area contributed by atoms with Gasteiger partial charge in [-0.1, -0.05) is 12.1 Å². The molecule has 0 bridgehead atoms. The fourth-order valence-corrected chi connectivity index (χ4v) is 1.80. The highest BCUT2D eigenvalue weighted by atomic mass is 16.6. The first-order chi connectivity index (χ1) is 8.70. The van der Waals surface area contributed by atoms with Gasteiger partial charge < -0.3 is 10.1 Å². The molecular weight excluding hydrogens is 234 g/mol. The molecule has 1 aliphatic rings. The molecule has 1 fully saturated rings. The third kappa shape index (κ3) is 2.81. The molecule has 1 N–H and O–H groups in total. The Morgan fingerprint density at radius 3 is 2.56 bits per heavy atom. The smallest absolute Gasteiger partial charge is 0.345 e. The van der Waals surface area contributed by atoms with Gasteiger partial charge in [-0.2, -0.15) is 0 Å². The average Bonchev–Trinajstić information content (AvgIpc) is 2.92. The van der Waals surface area contributed by atoms with Crippen LogP contribution in [0.5, 0.6) is 0 Å². The molecule has 1 aliphatic heterocycles. The van der Waals surface area contributed by atoms with Crippen molar-refractivity contribution in [2.75, 3.05) is 6.54 Å². The summed E-state index contributed by atoms with van der Waals surface area (Å²) < 4.78 is 4.77. The van der Waals surface area contributed by atoms with Crippen LogP contribution in [0.1, 0.15) is 33.6 Å². The van der Waals surface area contributed by atoms with E-state index in [-0.39, 0.29) is 11.6 Å². The van der Waals surface area contributed by atoms with Crippen LogP contribution in [0.4, 0.5) is 0 Å². The van der Waals surface area contributed by atoms with Crippen molar-refractivity contribution < 1.29 is 19.1 Å². The van der Waals surface area contributed by atoms with Crippen molar-refractivity contribution in [2.24, 2.45) is 0 Å². The van der Waals surface area contributed by atoms with Crippen molar-refractivity contribution in [3.63, 3.8) is 0 Å². The van der Waals surface area contributed by atoms with Crippen LogP contribution in [0, 0.1) is 0 Å². The normalized spacial score (nSPS) is 18.3. The first-order valence-corrected chi connectivity index (χ1v) is 5.75. The lowest BCUT2D eigenvalue weighted by Crippen LogP contribution is -2.33. The molecule has 1 atom stereocenters. The number of esters is 2. The van der Waals surface area contributed by atoms with Gasteiger partial charge in [0.05, 0.1) is 5.56 Å². The van der Waals surface area contributed by atoms with E-state index in [2.05, 4.69) is 5.32 Å². The molecule has 0 aromatic heterocycles. The van der Waals surface area contributed by atoms with Gasteiger partial charge in [0.2, 0.25) is 0 Å². The van der Waals surface area contributed by atoms with Crippen LogP contribution in [0.15, 0.2) is 24.3 Å². The number of ether oxygens (including phenoxy) is 1. The molecule has 94 valence electrons. The number of hydrogen-bond acceptors (Lipinski definition) is 5. The van der Waals surface area contributed by atoms with Gasteiger partial charge in [-0.15, -0.1) is 0 Å². The molecule has 5 nitrogen and oxygen atoms in total. The zero-order valence-corrected chi connectivity index (χ0v) is 9.72. The van der Waals surface area contributed by atoms with Crippen LogP contribution >= 0.6 is 0 Å². The monoisotopic (exact) mass is 247 g/mol. The van der Waals surface area contributed by atoms with Gasteiger partial charge >= 0.3 is 11.9 Å². The fraction of sp³-hybridized carbons (Fsp3) is 0.308. The van der Waals surface area contributed by atoms with Gasteiger partial charge in [0, 0.05) is 5.56 Å². The van der Waals surface area contributed by atoms with Crippen LogP contribution in [0.25, 0.3) is 0 Å². The minimum atomic E-state index is -0.689. The predicted molar refractivity (Wildman–Crippen MR) is 63.3 cm³/mol. The Labute approximate surface area is 104 Å². The van der Waals surface area contributed by atoms with E-state index in [1.807, 2.05) is 0 Å². The molecule has 18 heavy (non-hydrogen) atoms. The molecule has 0 saturated carbocycles. The van der Waals surface area contributed by atoms with E-state index < -0.39 is 11.9 Å². The summed E-state index contributed by atoms with van der Waals surface area (Å²) in [5, 5.41) is 2.96. The van der Waals surface area contributed by atoms with Crippen LogP contribution in [-0.2, 0) is 9.53 Å². The fourth-order valence-electron chi connectivity index (χ4n) is 1.80. The molecule has 1 saturated heterocycles. The zero-order valence-electron chi connectivity index (χ0n) is 9.72. The van der Waals surface area contributed by atoms with E-state index in [0.29, 0.717) is 18.3 Å². The summed E-state index contributed by atoms with van der Waals surface area (Å²) in [6.07, 6.45) is 2.28. The van der Waals surface area contributed by atoms with Crippen molar-refractivity contribution in [1.29, 1.82) is 0 Å². The van der Waals surface area contributed by atoms with E-state index in [1.54, 1.807) is 0 Å². The first kappa shape index (κ1) is 12.4. The minimum Gasteiger partial charge on any atom is -0.388 e. The van der Waals surface area contributed by atoms with Crippen molar-refractivity contribution in [3.8, 4) is 0 Å². The Bertz CT molecular complexity index is 460.